The summed E-state index contributed by atoms with van der Waals surface area (Å²) in [5.41, 5.74) is 0. The summed E-state index contributed by atoms with van der Waals surface area (Å²) in [5, 5.41) is 7.94. The van der Waals surface area contributed by atoms with E-state index in [2.05, 4.69) is 4.74 Å². The van der Waals surface area contributed by atoms with Crippen molar-refractivity contribution in [1.82, 2.24) is 0 Å². The van der Waals surface area contributed by atoms with Crippen LogP contribution in [0.3, 0.4) is 0 Å². The summed E-state index contributed by atoms with van der Waals surface area (Å²) in [6.45, 7) is 0.566. The SMILES string of the molecule is COCCO.[Rf].[Rf]. The van der Waals surface area contributed by atoms with E-state index in [9.17, 15) is 0 Å². The second-order valence-corrected chi connectivity index (χ2v) is 0.716. The Kier molecular flexibility index (Phi) is 116. The van der Waals surface area contributed by atoms with Crippen molar-refractivity contribution in [3.8, 4) is 0 Å². The third-order valence-electron chi connectivity index (χ3n) is 0.295. The Morgan fingerprint density at radius 2 is 1.86 bits per heavy atom. The van der Waals surface area contributed by atoms with Crippen molar-refractivity contribution in [3.05, 3.63) is 0 Å². The number of hydrogen-bond acceptors (Lipinski definition) is 2. The molecule has 0 aliphatic rings. The van der Waals surface area contributed by atoms with Gasteiger partial charge in [0.15, 0.2) is 0 Å². The minimum Gasteiger partial charge on any atom is -0.394 e. The van der Waals surface area contributed by atoms with Gasteiger partial charge in [-0.2, -0.15) is 0 Å². The van der Waals surface area contributed by atoms with E-state index in [1.54, 1.807) is 7.11 Å². The molecule has 36 valence electrons. The Morgan fingerprint density at radius 3 is 1.86 bits per heavy atom. The van der Waals surface area contributed by atoms with Crippen molar-refractivity contribution < 1.29 is 9.84 Å². The Hall–Kier alpha value is -2.08. The monoisotopic (exact) mass is 610 g/mol. The number of rotatable bonds is 2. The fourth-order valence-electron chi connectivity index (χ4n) is 0.0913. The Bertz CT molecular complexity index is 18.4. The predicted molar refractivity (Wildman–Crippen MR) is 19.0 cm³/mol. The molecule has 2 nitrogen and oxygen atoms in total. The van der Waals surface area contributed by atoms with Crippen molar-refractivity contribution in [1.29, 1.82) is 0 Å². The van der Waals surface area contributed by atoms with Gasteiger partial charge in [0.05, 0.1) is 13.2 Å². The van der Waals surface area contributed by atoms with Crippen LogP contribution >= 0.6 is 0 Å². The van der Waals surface area contributed by atoms with Gasteiger partial charge in [-0.15, -0.1) is 0 Å². The molecule has 0 atom stereocenters. The van der Waals surface area contributed by atoms with Crippen molar-refractivity contribution >= 4 is 0 Å². The number of aliphatic hydroxyl groups excluding tert-OH is 1. The van der Waals surface area contributed by atoms with Crippen LogP contribution in [-0.4, -0.2) is 25.4 Å². The zero-order chi connectivity index (χ0) is 4.12. The van der Waals surface area contributed by atoms with E-state index in [0.29, 0.717) is 6.61 Å². The Labute approximate surface area is 31.4 Å². The summed E-state index contributed by atoms with van der Waals surface area (Å²) in [5.74, 6) is 0. The van der Waals surface area contributed by atoms with E-state index in [1.165, 1.54) is 0 Å². The second kappa shape index (κ2) is 39.5. The van der Waals surface area contributed by atoms with Crippen LogP contribution in [0, 0.1) is 0 Å². The van der Waals surface area contributed by atoms with Crippen LogP contribution in [0.1, 0.15) is 0 Å². The molecule has 0 rings (SSSR count). The molecule has 0 aliphatic heterocycles. The quantitative estimate of drug-likeness (QED) is 0.463. The molecular weight excluding hydrogens is 602 g/mol. The number of ether oxygens (including phenoxy) is 1. The molecule has 0 saturated carbocycles. The molecule has 0 bridgehead atoms. The number of aliphatic hydroxyl groups is 1. The van der Waals surface area contributed by atoms with Crippen molar-refractivity contribution in [2.24, 2.45) is 0 Å². The topological polar surface area (TPSA) is 29.5 Å². The van der Waals surface area contributed by atoms with Crippen LogP contribution in [0.5, 0.6) is 0 Å². The summed E-state index contributed by atoms with van der Waals surface area (Å²) < 4.78 is 4.44. The van der Waals surface area contributed by atoms with Crippen LogP contribution in [-0.2, 0) is 4.74 Å². The van der Waals surface area contributed by atoms with Gasteiger partial charge >= 0.3 is 0 Å². The van der Waals surface area contributed by atoms with Gasteiger partial charge in [-0.05, 0) is 0 Å². The molecule has 0 saturated heterocycles. The molecule has 0 aromatic carbocycles. The molecule has 0 fully saturated rings. The van der Waals surface area contributed by atoms with E-state index >= 15 is 0 Å². The largest absolute Gasteiger partial charge is 0.394 e. The van der Waals surface area contributed by atoms with Gasteiger partial charge in [0.2, 0.25) is 0 Å². The summed E-state index contributed by atoms with van der Waals surface area (Å²) in [6, 6.07) is 0. The smallest absolute Gasteiger partial charge is 0.0693 e. The molecule has 4 heteroatoms. The third-order valence-corrected chi connectivity index (χ3v) is 0.295. The molecule has 0 aromatic rings. The van der Waals surface area contributed by atoms with Crippen LogP contribution < -0.4 is 0 Å². The summed E-state index contributed by atoms with van der Waals surface area (Å²) in [7, 11) is 1.55. The fraction of sp³-hybridized carbons (Fsp3) is 1.00. The van der Waals surface area contributed by atoms with E-state index in [-0.39, 0.29) is 6.61 Å². The van der Waals surface area contributed by atoms with Crippen LogP contribution in [0.2, 0.25) is 0 Å². The van der Waals surface area contributed by atoms with Gasteiger partial charge in [0.1, 0.15) is 0 Å². The average Bonchev–Trinajstić information content (AvgIpc) is 1.41. The molecule has 0 unspecified atom stereocenters. The zero-order valence-corrected chi connectivity index (χ0v) is 17.5. The van der Waals surface area contributed by atoms with E-state index < -0.39 is 0 Å². The summed E-state index contributed by atoms with van der Waals surface area (Å²) >= 11 is 0. The molecule has 0 heterocycles. The van der Waals surface area contributed by atoms with Gasteiger partial charge < -0.3 is 9.84 Å². The fourth-order valence-corrected chi connectivity index (χ4v) is 0.0913. The van der Waals surface area contributed by atoms with Gasteiger partial charge in [0.25, 0.3) is 0 Å². The van der Waals surface area contributed by atoms with Gasteiger partial charge in [-0.3, -0.25) is 0 Å². The normalized spacial score (nSPS) is 6.00. The van der Waals surface area contributed by atoms with Crippen LogP contribution in [0.4, 0.5) is 0 Å². The average molecular weight is 610 g/mol. The standard InChI is InChI=1S/C3H8O2.2Rf/c1-5-3-2-4;;/h4H,2-3H2,1H3;;. The summed E-state index contributed by atoms with van der Waals surface area (Å²) in [4.78, 5) is 0. The maximum absolute atomic E-state index is 7.94. The maximum Gasteiger partial charge on any atom is 0.0693 e. The van der Waals surface area contributed by atoms with Crippen LogP contribution in [0.15, 0.2) is 0 Å². The first kappa shape index (κ1) is 20.5. The number of hydrogen-bond donors (Lipinski definition) is 1. The molecule has 0 spiro atoms. The van der Waals surface area contributed by atoms with Crippen molar-refractivity contribution in [2.45, 2.75) is 0 Å². The first-order valence-corrected chi connectivity index (χ1v) is 1.51. The van der Waals surface area contributed by atoms with Crippen LogP contribution in [0.25, 0.3) is 0 Å². The molecule has 0 aromatic heterocycles. The van der Waals surface area contributed by atoms with E-state index in [0.717, 1.165) is 0 Å². The minimum absolute atomic E-state index is 0. The zero-order valence-electron chi connectivity index (χ0n) is 4.68. The molecule has 0 aliphatic carbocycles. The maximum atomic E-state index is 7.94. The van der Waals surface area contributed by atoms with E-state index in [4.69, 9.17) is 5.11 Å². The number of methoxy groups -OCH3 is 1. The Morgan fingerprint density at radius 1 is 1.43 bits per heavy atom. The molecular formula is C3H8O2Rf2. The van der Waals surface area contributed by atoms with Crippen molar-refractivity contribution in [3.63, 3.8) is 0 Å². The first-order valence-electron chi connectivity index (χ1n) is 1.51. The van der Waals surface area contributed by atoms with Gasteiger partial charge in [0, 0.05) is 7.11 Å². The Balaban J connectivity index is -0.0000000800. The summed E-state index contributed by atoms with van der Waals surface area (Å²) in [6.07, 6.45) is 0. The molecule has 0 amide bonds. The molecule has 1 N–H and O–H groups in total. The van der Waals surface area contributed by atoms with Gasteiger partial charge in [-0.1, -0.05) is 0 Å². The van der Waals surface area contributed by atoms with E-state index in [1.807, 2.05) is 0 Å². The third kappa shape index (κ3) is 2260. The molecule has 0 radical (unpaired) electrons. The predicted octanol–water partition coefficient (Wildman–Crippen LogP) is -0.375. The minimum atomic E-state index is 0. The first-order chi connectivity index (χ1) is 2.41. The second-order valence-electron chi connectivity index (χ2n) is 0.716. The molecule has 7 heavy (non-hydrogen) atoms. The van der Waals surface area contributed by atoms with Gasteiger partial charge in [-0.25, -0.2) is 0 Å². The van der Waals surface area contributed by atoms with Crippen molar-refractivity contribution in [2.75, 3.05) is 20.3 Å².